The molecule has 1 N–H and O–H groups in total. The monoisotopic (exact) mass is 475 g/mol. The van der Waals surface area contributed by atoms with Gasteiger partial charge in [0.05, 0.1) is 17.6 Å². The van der Waals surface area contributed by atoms with Crippen LogP contribution in [0.3, 0.4) is 0 Å². The van der Waals surface area contributed by atoms with Crippen molar-refractivity contribution in [2.24, 2.45) is 5.10 Å². The fourth-order valence-electron chi connectivity index (χ4n) is 4.04. The predicted octanol–water partition coefficient (Wildman–Crippen LogP) is 7.23. The van der Waals surface area contributed by atoms with Crippen LogP contribution in [0.25, 0.3) is 28.2 Å². The van der Waals surface area contributed by atoms with Gasteiger partial charge in [-0.2, -0.15) is 5.10 Å². The molecule has 0 saturated heterocycles. The number of aromatic nitrogens is 1. The van der Waals surface area contributed by atoms with Crippen molar-refractivity contribution in [3.05, 3.63) is 137 Å². The number of nitrogens with zero attached hydrogens (tertiary/aromatic N) is 2. The first kappa shape index (κ1) is 22.4. The molecule has 1 heterocycles. The topological polar surface area (TPSA) is 46.4 Å². The van der Waals surface area contributed by atoms with Gasteiger partial charge in [-0.05, 0) is 47.5 Å². The van der Waals surface area contributed by atoms with Crippen molar-refractivity contribution >= 4 is 23.7 Å². The lowest BCUT2D eigenvalue weighted by Gasteiger charge is -2.15. The quantitative estimate of drug-likeness (QED) is 0.204. The Bertz CT molecular complexity index is 1480. The Morgan fingerprint density at radius 2 is 1.37 bits per heavy atom. The van der Waals surface area contributed by atoms with E-state index in [2.05, 4.69) is 57.6 Å². The Morgan fingerprint density at radius 1 is 0.743 bits per heavy atom. The fraction of sp³-hybridized carbons (Fsp3) is 0. The summed E-state index contributed by atoms with van der Waals surface area (Å²) in [6, 6.07) is 39.5. The largest absolute Gasteiger partial charge is 0.309 e. The van der Waals surface area contributed by atoms with Gasteiger partial charge >= 0.3 is 0 Å². The zero-order valence-electron chi connectivity index (χ0n) is 18.8. The second-order valence-corrected chi connectivity index (χ2v) is 8.38. The summed E-state index contributed by atoms with van der Waals surface area (Å²) in [5.41, 5.74) is 9.12. The lowest BCUT2D eigenvalue weighted by atomic mass is 10.1. The maximum atomic E-state index is 12.6. The van der Waals surface area contributed by atoms with Crippen LogP contribution in [0.2, 0.25) is 5.02 Å². The van der Waals surface area contributed by atoms with E-state index >= 15 is 0 Å². The van der Waals surface area contributed by atoms with Gasteiger partial charge in [0.2, 0.25) is 0 Å². The van der Waals surface area contributed by atoms with Gasteiger partial charge in [-0.1, -0.05) is 96.5 Å². The molecule has 0 bridgehead atoms. The molecule has 0 aliphatic rings. The summed E-state index contributed by atoms with van der Waals surface area (Å²) < 4.78 is 2.23. The standard InChI is InChI=1S/C30H22ClN3O/c31-26-16-10-15-24(19-26)30(35)33-32-21-25-20-28(22-11-4-1-5-12-22)34(27-17-8-3-9-18-27)29(25)23-13-6-2-7-14-23/h1-21H,(H,33,35)/b32-21-. The number of para-hydroxylation sites is 1. The van der Waals surface area contributed by atoms with E-state index in [1.807, 2.05) is 54.6 Å². The summed E-state index contributed by atoms with van der Waals surface area (Å²) in [7, 11) is 0. The molecule has 1 amide bonds. The van der Waals surface area contributed by atoms with Crippen molar-refractivity contribution in [1.29, 1.82) is 0 Å². The molecular weight excluding hydrogens is 454 g/mol. The van der Waals surface area contributed by atoms with Crippen molar-refractivity contribution in [2.75, 3.05) is 0 Å². The van der Waals surface area contributed by atoms with Crippen molar-refractivity contribution in [3.63, 3.8) is 0 Å². The Balaban J connectivity index is 1.62. The van der Waals surface area contributed by atoms with Gasteiger partial charge in [-0.3, -0.25) is 4.79 Å². The molecule has 5 rings (SSSR count). The van der Waals surface area contributed by atoms with E-state index in [9.17, 15) is 4.79 Å². The lowest BCUT2D eigenvalue weighted by Crippen LogP contribution is -2.17. The van der Waals surface area contributed by atoms with Crippen molar-refractivity contribution in [1.82, 2.24) is 9.99 Å². The lowest BCUT2D eigenvalue weighted by molar-refractivity contribution is 0.0955. The third-order valence-corrected chi connectivity index (χ3v) is 5.85. The van der Waals surface area contributed by atoms with Crippen LogP contribution in [-0.4, -0.2) is 16.7 Å². The number of hydrazone groups is 1. The molecule has 0 radical (unpaired) electrons. The maximum absolute atomic E-state index is 12.6. The first-order valence-electron chi connectivity index (χ1n) is 11.2. The van der Waals surface area contributed by atoms with Gasteiger partial charge in [0.1, 0.15) is 0 Å². The van der Waals surface area contributed by atoms with Gasteiger partial charge in [0.15, 0.2) is 0 Å². The number of hydrogen-bond donors (Lipinski definition) is 1. The van der Waals surface area contributed by atoms with E-state index in [0.717, 1.165) is 33.8 Å². The van der Waals surface area contributed by atoms with Crippen molar-refractivity contribution in [3.8, 4) is 28.2 Å². The highest BCUT2D eigenvalue weighted by molar-refractivity contribution is 6.30. The van der Waals surface area contributed by atoms with Crippen molar-refractivity contribution < 1.29 is 4.79 Å². The molecule has 1 aromatic heterocycles. The first-order chi connectivity index (χ1) is 17.2. The molecule has 0 spiro atoms. The highest BCUT2D eigenvalue weighted by Gasteiger charge is 2.18. The van der Waals surface area contributed by atoms with Crippen LogP contribution < -0.4 is 5.43 Å². The first-order valence-corrected chi connectivity index (χ1v) is 11.6. The van der Waals surface area contributed by atoms with Gasteiger partial charge in [0, 0.05) is 21.8 Å². The molecule has 4 nitrogen and oxygen atoms in total. The number of rotatable bonds is 6. The van der Waals surface area contributed by atoms with Crippen LogP contribution in [0.5, 0.6) is 0 Å². The normalized spacial score (nSPS) is 11.0. The van der Waals surface area contributed by atoms with Crippen molar-refractivity contribution in [2.45, 2.75) is 0 Å². The second-order valence-electron chi connectivity index (χ2n) is 7.95. The molecule has 0 fully saturated rings. The molecular formula is C30H22ClN3O. The van der Waals surface area contributed by atoms with Gasteiger partial charge in [0.25, 0.3) is 5.91 Å². The van der Waals surface area contributed by atoms with Gasteiger partial charge in [-0.15, -0.1) is 0 Å². The number of carbonyl (C=O) groups excluding carboxylic acids is 1. The SMILES string of the molecule is O=C(N/N=C\c1cc(-c2ccccc2)n(-c2ccccc2)c1-c1ccccc1)c1cccc(Cl)c1. The summed E-state index contributed by atoms with van der Waals surface area (Å²) in [5.74, 6) is -0.323. The second kappa shape index (κ2) is 10.2. The fourth-order valence-corrected chi connectivity index (χ4v) is 4.23. The van der Waals surface area contributed by atoms with E-state index in [1.165, 1.54) is 0 Å². The molecule has 5 aromatic rings. The van der Waals surface area contributed by atoms with Crippen LogP contribution in [-0.2, 0) is 0 Å². The number of amides is 1. The van der Waals surface area contributed by atoms with Gasteiger partial charge < -0.3 is 4.57 Å². The summed E-state index contributed by atoms with van der Waals surface area (Å²) in [6.07, 6.45) is 1.69. The number of carbonyl (C=O) groups is 1. The molecule has 5 heteroatoms. The van der Waals surface area contributed by atoms with Crippen LogP contribution in [0, 0.1) is 0 Å². The Labute approximate surface area is 209 Å². The van der Waals surface area contributed by atoms with Crippen LogP contribution in [0.15, 0.2) is 126 Å². The maximum Gasteiger partial charge on any atom is 0.271 e. The molecule has 170 valence electrons. The molecule has 0 aliphatic heterocycles. The van der Waals surface area contributed by atoms with E-state index < -0.39 is 0 Å². The zero-order valence-corrected chi connectivity index (χ0v) is 19.6. The van der Waals surface area contributed by atoms with Crippen LogP contribution in [0.4, 0.5) is 0 Å². The van der Waals surface area contributed by atoms with Crippen LogP contribution >= 0.6 is 11.6 Å². The van der Waals surface area contributed by atoms with Gasteiger partial charge in [-0.25, -0.2) is 5.43 Å². The average molecular weight is 476 g/mol. The van der Waals surface area contributed by atoms with E-state index in [4.69, 9.17) is 11.6 Å². The molecule has 35 heavy (non-hydrogen) atoms. The Hall–Kier alpha value is -4.41. The average Bonchev–Trinajstić information content (AvgIpc) is 3.29. The minimum atomic E-state index is -0.323. The predicted molar refractivity (Wildman–Crippen MR) is 143 cm³/mol. The third kappa shape index (κ3) is 4.93. The number of hydrogen-bond acceptors (Lipinski definition) is 2. The molecule has 4 aromatic carbocycles. The summed E-state index contributed by atoms with van der Waals surface area (Å²) in [4.78, 5) is 12.6. The Morgan fingerprint density at radius 3 is 2.03 bits per heavy atom. The third-order valence-electron chi connectivity index (χ3n) is 5.62. The molecule has 0 saturated carbocycles. The highest BCUT2D eigenvalue weighted by Crippen LogP contribution is 2.35. The summed E-state index contributed by atoms with van der Waals surface area (Å²) in [5, 5.41) is 4.79. The minimum Gasteiger partial charge on any atom is -0.309 e. The van der Waals surface area contributed by atoms with E-state index in [-0.39, 0.29) is 5.91 Å². The Kier molecular flexibility index (Phi) is 6.55. The number of halogens is 1. The molecule has 0 atom stereocenters. The van der Waals surface area contributed by atoms with Crippen LogP contribution in [0.1, 0.15) is 15.9 Å². The zero-order chi connectivity index (χ0) is 24.0. The molecule has 0 unspecified atom stereocenters. The summed E-state index contributed by atoms with van der Waals surface area (Å²) >= 11 is 6.02. The minimum absolute atomic E-state index is 0.323. The van der Waals surface area contributed by atoms with E-state index in [1.54, 1.807) is 30.5 Å². The summed E-state index contributed by atoms with van der Waals surface area (Å²) in [6.45, 7) is 0. The highest BCUT2D eigenvalue weighted by atomic mass is 35.5. The van der Waals surface area contributed by atoms with E-state index in [0.29, 0.717) is 10.6 Å². The molecule has 0 aliphatic carbocycles. The number of nitrogens with one attached hydrogen (secondary N) is 1. The number of benzene rings is 4. The smallest absolute Gasteiger partial charge is 0.271 e.